The van der Waals surface area contributed by atoms with Crippen LogP contribution in [-0.2, 0) is 27.3 Å². The van der Waals surface area contributed by atoms with E-state index >= 15 is 0 Å². The van der Waals surface area contributed by atoms with Crippen LogP contribution in [0.4, 0.5) is 5.82 Å². The second-order valence-corrected chi connectivity index (χ2v) is 10.8. The van der Waals surface area contributed by atoms with Crippen molar-refractivity contribution in [1.29, 1.82) is 0 Å². The van der Waals surface area contributed by atoms with Gasteiger partial charge in [0, 0.05) is 50.1 Å². The van der Waals surface area contributed by atoms with Gasteiger partial charge < -0.3 is 20.9 Å². The van der Waals surface area contributed by atoms with Crippen molar-refractivity contribution in [3.8, 4) is 0 Å². The van der Waals surface area contributed by atoms with Gasteiger partial charge in [-0.3, -0.25) is 24.2 Å². The normalized spacial score (nSPS) is 20.6. The number of thiazole rings is 1. The van der Waals surface area contributed by atoms with E-state index in [1.165, 1.54) is 39.6 Å². The number of carbonyl (C=O) groups excluding carboxylic acids is 4. The summed E-state index contributed by atoms with van der Waals surface area (Å²) in [5.74, 6) is -2.53. The lowest BCUT2D eigenvalue weighted by Gasteiger charge is -2.37. The van der Waals surface area contributed by atoms with Gasteiger partial charge in [-0.2, -0.15) is 0 Å². The van der Waals surface area contributed by atoms with Gasteiger partial charge in [-0.1, -0.05) is 11.6 Å². The fourth-order valence-corrected chi connectivity index (χ4v) is 5.66. The first kappa shape index (κ1) is 27.4. The van der Waals surface area contributed by atoms with E-state index in [9.17, 15) is 24.1 Å². The molecule has 2 aliphatic rings. The molecule has 3 unspecified atom stereocenters. The summed E-state index contributed by atoms with van der Waals surface area (Å²) < 4.78 is 0. The first-order chi connectivity index (χ1) is 18.1. The minimum atomic E-state index is -0.919. The zero-order valence-corrected chi connectivity index (χ0v) is 22.3. The quantitative estimate of drug-likeness (QED) is 0.350. The highest BCUT2D eigenvalue weighted by Gasteiger charge is 2.37. The number of carbonyl (C=O) groups is 4. The molecule has 1 aliphatic heterocycles. The van der Waals surface area contributed by atoms with Gasteiger partial charge >= 0.3 is 11.8 Å². The molecule has 4 rings (SSSR count). The molecule has 38 heavy (non-hydrogen) atoms. The maximum absolute atomic E-state index is 13.2. The van der Waals surface area contributed by atoms with Crippen LogP contribution < -0.4 is 16.0 Å². The Kier molecular flexibility index (Phi) is 8.52. The highest BCUT2D eigenvalue weighted by atomic mass is 35.5. The lowest BCUT2D eigenvalue weighted by atomic mass is 9.81. The molecule has 1 saturated carbocycles. The molecule has 202 valence electrons. The predicted molar refractivity (Wildman–Crippen MR) is 139 cm³/mol. The van der Waals surface area contributed by atoms with E-state index in [0.29, 0.717) is 37.4 Å². The Morgan fingerprint density at radius 1 is 1.13 bits per heavy atom. The van der Waals surface area contributed by atoms with Gasteiger partial charge in [0.25, 0.3) is 5.91 Å². The molecule has 2 aromatic rings. The monoisotopic (exact) mass is 562 g/mol. The third-order valence-electron chi connectivity index (χ3n) is 6.47. The number of nitrogens with one attached hydrogen (secondary N) is 3. The van der Waals surface area contributed by atoms with Crippen molar-refractivity contribution >= 4 is 52.4 Å². The molecule has 3 heterocycles. The van der Waals surface area contributed by atoms with E-state index in [1.54, 1.807) is 14.1 Å². The Morgan fingerprint density at radius 2 is 1.92 bits per heavy atom. The predicted octanol–water partition coefficient (Wildman–Crippen LogP) is 1.34. The minimum absolute atomic E-state index is 0.0771. The number of pyridine rings is 1. The molecule has 1 fully saturated rings. The summed E-state index contributed by atoms with van der Waals surface area (Å²) in [4.78, 5) is 72.5. The molecule has 0 saturated heterocycles. The number of halogens is 1. The number of hydrogen-bond acceptors (Lipinski definition) is 9. The number of nitrogens with zero attached hydrogens (tertiary/aromatic N) is 5. The van der Waals surface area contributed by atoms with Crippen molar-refractivity contribution in [2.24, 2.45) is 11.2 Å². The number of hydrogen-bond donors (Lipinski definition) is 3. The topological polar surface area (TPSA) is 166 Å². The molecule has 3 N–H and O–H groups in total. The number of amides is 4. The van der Waals surface area contributed by atoms with Gasteiger partial charge in [-0.25, -0.2) is 9.97 Å². The summed E-state index contributed by atoms with van der Waals surface area (Å²) in [5, 5.41) is 12.9. The minimum Gasteiger partial charge on any atom is -0.349 e. The number of nitroso groups, excluding NO2 is 1. The fraction of sp³-hybridized carbons (Fsp3) is 0.478. The summed E-state index contributed by atoms with van der Waals surface area (Å²) in [5.41, 5.74) is 0.752. The van der Waals surface area contributed by atoms with Gasteiger partial charge in [-0.15, -0.1) is 16.2 Å². The number of rotatable bonds is 6. The van der Waals surface area contributed by atoms with E-state index in [4.69, 9.17) is 11.6 Å². The van der Waals surface area contributed by atoms with Gasteiger partial charge in [0.15, 0.2) is 5.01 Å². The van der Waals surface area contributed by atoms with Gasteiger partial charge in [0.2, 0.25) is 5.91 Å². The summed E-state index contributed by atoms with van der Waals surface area (Å²) in [6.45, 7) is 0.725. The zero-order valence-electron chi connectivity index (χ0n) is 20.8. The molecule has 15 heteroatoms. The molecule has 4 amide bonds. The Hall–Kier alpha value is -3.65. The Labute approximate surface area is 227 Å². The van der Waals surface area contributed by atoms with Crippen LogP contribution in [0.25, 0.3) is 0 Å². The summed E-state index contributed by atoms with van der Waals surface area (Å²) in [6.07, 6.45) is 2.98. The average Bonchev–Trinajstić information content (AvgIpc) is 3.34. The highest BCUT2D eigenvalue weighted by Crippen LogP contribution is 2.28. The Balaban J connectivity index is 1.46. The molecule has 2 aromatic heterocycles. The third-order valence-corrected chi connectivity index (χ3v) is 7.77. The van der Waals surface area contributed by atoms with Crippen LogP contribution >= 0.6 is 22.9 Å². The Bertz CT molecular complexity index is 1240. The summed E-state index contributed by atoms with van der Waals surface area (Å²) in [6, 6.07) is 1.78. The fourth-order valence-electron chi connectivity index (χ4n) is 4.53. The summed E-state index contributed by atoms with van der Waals surface area (Å²) >= 11 is 6.98. The number of fused-ring (bicyclic) bond motifs is 1. The van der Waals surface area contributed by atoms with Crippen molar-refractivity contribution < 1.29 is 19.2 Å². The lowest BCUT2D eigenvalue weighted by Crippen LogP contribution is -2.57. The van der Waals surface area contributed by atoms with E-state index in [1.807, 2.05) is 0 Å². The molecule has 1 aliphatic carbocycles. The largest absolute Gasteiger partial charge is 0.349 e. The molecule has 0 spiro atoms. The summed E-state index contributed by atoms with van der Waals surface area (Å²) in [7, 11) is 3.33. The standard InChI is InChI=1S/C23H27ClN8O5S/c1-31(2)23(36)12-3-5-14(26-19(33)20(34)29-18-6-4-13(24)10-25-18)16(9-12)27-21(35)22-28-15-7-8-32(30-37)11-17(15)38-22/h4,6,10,12,14,16H,3,5,7-9,11H2,1-2H3,(H,26,33)(H,27,35)(H,25,29,34). The van der Waals surface area contributed by atoms with Gasteiger partial charge in [0.05, 0.1) is 28.6 Å². The molecule has 0 bridgehead atoms. The van der Waals surface area contributed by atoms with Gasteiger partial charge in [0.1, 0.15) is 5.82 Å². The van der Waals surface area contributed by atoms with Crippen LogP contribution in [0.1, 0.15) is 39.6 Å². The molecule has 13 nitrogen and oxygen atoms in total. The van der Waals surface area contributed by atoms with Crippen LogP contribution in [0.15, 0.2) is 23.6 Å². The van der Waals surface area contributed by atoms with Crippen LogP contribution in [0.5, 0.6) is 0 Å². The van der Waals surface area contributed by atoms with Crippen molar-refractivity contribution in [3.05, 3.63) is 43.8 Å². The van der Waals surface area contributed by atoms with E-state index in [0.717, 1.165) is 10.6 Å². The first-order valence-corrected chi connectivity index (χ1v) is 13.2. The molecule has 0 radical (unpaired) electrons. The van der Waals surface area contributed by atoms with Crippen LogP contribution in [0.3, 0.4) is 0 Å². The second-order valence-electron chi connectivity index (χ2n) is 9.33. The number of aromatic nitrogens is 2. The zero-order chi connectivity index (χ0) is 27.4. The van der Waals surface area contributed by atoms with Crippen LogP contribution in [0, 0.1) is 10.8 Å². The van der Waals surface area contributed by atoms with Gasteiger partial charge in [-0.05, 0) is 31.4 Å². The lowest BCUT2D eigenvalue weighted by molar-refractivity contribution is -0.137. The first-order valence-electron chi connectivity index (χ1n) is 12.0. The van der Waals surface area contributed by atoms with E-state index < -0.39 is 29.8 Å². The second kappa shape index (κ2) is 11.8. The molecular formula is C23H27ClN8O5S. The molecule has 0 aromatic carbocycles. The third kappa shape index (κ3) is 6.42. The maximum atomic E-state index is 13.2. The van der Waals surface area contributed by atoms with Crippen molar-refractivity contribution in [3.63, 3.8) is 0 Å². The van der Waals surface area contributed by atoms with E-state index in [2.05, 4.69) is 31.2 Å². The number of anilines is 1. The SMILES string of the molecule is CN(C)C(=O)C1CCC(NC(=O)C(=O)Nc2ccc(Cl)cn2)C(NC(=O)c2nc3c(s2)CN(N=O)CC3)C1. The molecule has 3 atom stereocenters. The van der Waals surface area contributed by atoms with Crippen molar-refractivity contribution in [2.45, 2.75) is 44.3 Å². The van der Waals surface area contributed by atoms with Crippen molar-refractivity contribution in [1.82, 2.24) is 30.5 Å². The smallest absolute Gasteiger partial charge is 0.314 e. The van der Waals surface area contributed by atoms with Crippen molar-refractivity contribution in [2.75, 3.05) is 26.0 Å². The Morgan fingerprint density at radius 3 is 2.61 bits per heavy atom. The maximum Gasteiger partial charge on any atom is 0.314 e. The van der Waals surface area contributed by atoms with Crippen LogP contribution in [-0.4, -0.2) is 76.2 Å². The highest BCUT2D eigenvalue weighted by molar-refractivity contribution is 7.13. The average molecular weight is 563 g/mol. The van der Waals surface area contributed by atoms with E-state index in [-0.39, 0.29) is 29.1 Å². The molecular weight excluding hydrogens is 536 g/mol. The van der Waals surface area contributed by atoms with Crippen LogP contribution in [0.2, 0.25) is 5.02 Å².